The molecule has 0 fully saturated rings. The lowest BCUT2D eigenvalue weighted by atomic mass is 10.3. The van der Waals surface area contributed by atoms with Crippen LogP contribution in [-0.4, -0.2) is 25.9 Å². The van der Waals surface area contributed by atoms with Gasteiger partial charge in [-0.3, -0.25) is 9.48 Å². The van der Waals surface area contributed by atoms with E-state index in [4.69, 9.17) is 5.73 Å². The second kappa shape index (κ2) is 4.20. The fourth-order valence-electron chi connectivity index (χ4n) is 1.49. The van der Waals surface area contributed by atoms with Crippen molar-refractivity contribution < 1.29 is 4.79 Å². The normalized spacial score (nSPS) is 10.2. The number of carbonyl (C=O) groups is 1. The molecule has 0 unspecified atom stereocenters. The summed E-state index contributed by atoms with van der Waals surface area (Å²) in [6, 6.07) is 3.32. The molecular formula is C10H12N6O. The highest BCUT2D eigenvalue weighted by Gasteiger charge is 2.18. The predicted octanol–water partition coefficient (Wildman–Crippen LogP) is 0.353. The molecule has 0 aliphatic carbocycles. The van der Waals surface area contributed by atoms with Crippen LogP contribution in [0.25, 0.3) is 0 Å². The van der Waals surface area contributed by atoms with Crippen LogP contribution in [0.1, 0.15) is 16.2 Å². The average Bonchev–Trinajstić information content (AvgIpc) is 2.54. The summed E-state index contributed by atoms with van der Waals surface area (Å²) >= 11 is 0. The van der Waals surface area contributed by atoms with Crippen LogP contribution < -0.4 is 11.1 Å². The third-order valence-corrected chi connectivity index (χ3v) is 2.30. The van der Waals surface area contributed by atoms with Gasteiger partial charge in [0, 0.05) is 13.2 Å². The van der Waals surface area contributed by atoms with Crippen molar-refractivity contribution in [3.05, 3.63) is 29.7 Å². The summed E-state index contributed by atoms with van der Waals surface area (Å²) in [5.74, 6) is 0.0156. The zero-order chi connectivity index (χ0) is 12.4. The van der Waals surface area contributed by atoms with Crippen molar-refractivity contribution >= 4 is 17.4 Å². The Bertz CT molecular complexity index is 547. The number of nitrogens with zero attached hydrogens (tertiary/aromatic N) is 4. The highest BCUT2D eigenvalue weighted by atomic mass is 16.2. The second-order valence-electron chi connectivity index (χ2n) is 3.53. The maximum Gasteiger partial charge on any atom is 0.277 e. The molecule has 0 aromatic carbocycles. The van der Waals surface area contributed by atoms with Gasteiger partial charge in [-0.05, 0) is 19.1 Å². The highest BCUT2D eigenvalue weighted by molar-refractivity contribution is 6.06. The SMILES string of the molecule is Cc1nn(C)c(C(=O)Nc2cccnn2)c1N. The van der Waals surface area contributed by atoms with E-state index in [2.05, 4.69) is 20.6 Å². The van der Waals surface area contributed by atoms with Crippen molar-refractivity contribution in [1.29, 1.82) is 0 Å². The van der Waals surface area contributed by atoms with Gasteiger partial charge in [-0.15, -0.1) is 5.10 Å². The number of anilines is 2. The second-order valence-corrected chi connectivity index (χ2v) is 3.53. The molecule has 7 nitrogen and oxygen atoms in total. The molecule has 2 rings (SSSR count). The first-order chi connectivity index (χ1) is 8.09. The molecule has 0 aliphatic rings. The topological polar surface area (TPSA) is 98.7 Å². The van der Waals surface area contributed by atoms with E-state index in [1.807, 2.05) is 0 Å². The Hall–Kier alpha value is -2.44. The molecule has 0 spiro atoms. The van der Waals surface area contributed by atoms with Crippen LogP contribution in [0, 0.1) is 6.92 Å². The Morgan fingerprint density at radius 2 is 2.29 bits per heavy atom. The van der Waals surface area contributed by atoms with E-state index in [1.165, 1.54) is 10.9 Å². The molecule has 7 heteroatoms. The monoisotopic (exact) mass is 232 g/mol. The molecule has 88 valence electrons. The number of nitrogens with two attached hydrogens (primary N) is 1. The summed E-state index contributed by atoms with van der Waals surface area (Å²) in [5, 5.41) is 14.1. The lowest BCUT2D eigenvalue weighted by Gasteiger charge is -2.04. The molecule has 0 saturated heterocycles. The Morgan fingerprint density at radius 3 is 2.82 bits per heavy atom. The molecule has 2 heterocycles. The van der Waals surface area contributed by atoms with Crippen LogP contribution in [0.2, 0.25) is 0 Å². The van der Waals surface area contributed by atoms with Crippen LogP contribution in [0.4, 0.5) is 11.5 Å². The number of hydrogen-bond donors (Lipinski definition) is 2. The smallest absolute Gasteiger partial charge is 0.277 e. The van der Waals surface area contributed by atoms with Gasteiger partial charge in [0.1, 0.15) is 5.69 Å². The van der Waals surface area contributed by atoms with E-state index < -0.39 is 0 Å². The molecule has 1 amide bonds. The lowest BCUT2D eigenvalue weighted by molar-refractivity contribution is 0.101. The first kappa shape index (κ1) is 11.1. The van der Waals surface area contributed by atoms with E-state index in [0.717, 1.165) is 0 Å². The van der Waals surface area contributed by atoms with Crippen molar-refractivity contribution in [2.24, 2.45) is 7.05 Å². The van der Waals surface area contributed by atoms with Crippen molar-refractivity contribution in [2.45, 2.75) is 6.92 Å². The molecule has 17 heavy (non-hydrogen) atoms. The number of hydrogen-bond acceptors (Lipinski definition) is 5. The number of nitrogen functional groups attached to an aromatic ring is 1. The van der Waals surface area contributed by atoms with Gasteiger partial charge in [0.25, 0.3) is 5.91 Å². The van der Waals surface area contributed by atoms with Crippen LogP contribution >= 0.6 is 0 Å². The fourth-order valence-corrected chi connectivity index (χ4v) is 1.49. The summed E-state index contributed by atoms with van der Waals surface area (Å²) in [5.41, 5.74) is 7.08. The fraction of sp³-hybridized carbons (Fsp3) is 0.200. The zero-order valence-corrected chi connectivity index (χ0v) is 9.51. The summed E-state index contributed by atoms with van der Waals surface area (Å²) in [7, 11) is 1.66. The molecule has 3 N–H and O–H groups in total. The Balaban J connectivity index is 2.27. The molecule has 0 saturated carbocycles. The van der Waals surface area contributed by atoms with Crippen LogP contribution in [-0.2, 0) is 7.05 Å². The Kier molecular flexibility index (Phi) is 2.73. The standard InChI is InChI=1S/C10H12N6O/c1-6-8(11)9(16(2)15-6)10(17)13-7-4-3-5-12-14-7/h3-5H,11H2,1-2H3,(H,13,14,17). The molecular weight excluding hydrogens is 220 g/mol. The number of aryl methyl sites for hydroxylation is 2. The van der Waals surface area contributed by atoms with Gasteiger partial charge in [0.2, 0.25) is 0 Å². The third kappa shape index (κ3) is 2.07. The van der Waals surface area contributed by atoms with E-state index in [9.17, 15) is 4.79 Å². The highest BCUT2D eigenvalue weighted by Crippen LogP contribution is 2.16. The van der Waals surface area contributed by atoms with Gasteiger partial charge in [-0.2, -0.15) is 10.2 Å². The maximum absolute atomic E-state index is 11.9. The summed E-state index contributed by atoms with van der Waals surface area (Å²) in [6.45, 7) is 1.74. The van der Waals surface area contributed by atoms with Gasteiger partial charge in [-0.1, -0.05) is 0 Å². The van der Waals surface area contributed by atoms with Gasteiger partial charge >= 0.3 is 0 Å². The van der Waals surface area contributed by atoms with Gasteiger partial charge < -0.3 is 11.1 Å². The van der Waals surface area contributed by atoms with Gasteiger partial charge in [0.15, 0.2) is 5.82 Å². The van der Waals surface area contributed by atoms with Gasteiger partial charge in [0.05, 0.1) is 11.4 Å². The summed E-state index contributed by atoms with van der Waals surface area (Å²) in [6.07, 6.45) is 1.53. The number of carbonyl (C=O) groups excluding carboxylic acids is 1. The Labute approximate surface area is 97.6 Å². The number of nitrogens with one attached hydrogen (secondary N) is 1. The van der Waals surface area contributed by atoms with Crippen molar-refractivity contribution in [3.8, 4) is 0 Å². The minimum Gasteiger partial charge on any atom is -0.395 e. The number of aromatic nitrogens is 4. The molecule has 0 aliphatic heterocycles. The van der Waals surface area contributed by atoms with Crippen LogP contribution in [0.5, 0.6) is 0 Å². The first-order valence-electron chi connectivity index (χ1n) is 4.97. The quantitative estimate of drug-likeness (QED) is 0.778. The zero-order valence-electron chi connectivity index (χ0n) is 9.51. The molecule has 0 radical (unpaired) electrons. The third-order valence-electron chi connectivity index (χ3n) is 2.30. The molecule has 2 aromatic heterocycles. The van der Waals surface area contributed by atoms with Gasteiger partial charge in [-0.25, -0.2) is 0 Å². The Morgan fingerprint density at radius 1 is 1.53 bits per heavy atom. The van der Waals surface area contributed by atoms with E-state index >= 15 is 0 Å². The van der Waals surface area contributed by atoms with Crippen LogP contribution in [0.3, 0.4) is 0 Å². The first-order valence-corrected chi connectivity index (χ1v) is 4.97. The van der Waals surface area contributed by atoms with Crippen molar-refractivity contribution in [3.63, 3.8) is 0 Å². The van der Waals surface area contributed by atoms with E-state index in [1.54, 1.807) is 26.1 Å². The van der Waals surface area contributed by atoms with Crippen LogP contribution in [0.15, 0.2) is 18.3 Å². The summed E-state index contributed by atoms with van der Waals surface area (Å²) in [4.78, 5) is 11.9. The minimum absolute atomic E-state index is 0.313. The molecule has 2 aromatic rings. The molecule has 0 bridgehead atoms. The number of rotatable bonds is 2. The van der Waals surface area contributed by atoms with E-state index in [-0.39, 0.29) is 5.91 Å². The average molecular weight is 232 g/mol. The summed E-state index contributed by atoms with van der Waals surface area (Å²) < 4.78 is 1.44. The molecule has 0 atom stereocenters. The van der Waals surface area contributed by atoms with Crippen molar-refractivity contribution in [1.82, 2.24) is 20.0 Å². The van der Waals surface area contributed by atoms with Crippen molar-refractivity contribution in [2.75, 3.05) is 11.1 Å². The minimum atomic E-state index is -0.355. The lowest BCUT2D eigenvalue weighted by Crippen LogP contribution is -2.18. The van der Waals surface area contributed by atoms with E-state index in [0.29, 0.717) is 22.9 Å². The number of amides is 1. The largest absolute Gasteiger partial charge is 0.395 e. The maximum atomic E-state index is 11.9. The predicted molar refractivity (Wildman–Crippen MR) is 62.3 cm³/mol.